The van der Waals surface area contributed by atoms with E-state index < -0.39 is 0 Å². The van der Waals surface area contributed by atoms with Gasteiger partial charge in [-0.25, -0.2) is 0 Å². The zero-order chi connectivity index (χ0) is 14.1. The number of nitrogens with one attached hydrogen (secondary N) is 1. The highest BCUT2D eigenvalue weighted by Gasteiger charge is 2.23. The molecule has 0 aromatic heterocycles. The molecule has 0 spiro atoms. The maximum absolute atomic E-state index is 6.27. The molecule has 2 heterocycles. The van der Waals surface area contributed by atoms with Crippen molar-refractivity contribution in [1.82, 2.24) is 0 Å². The molecule has 0 fully saturated rings. The first kappa shape index (κ1) is 14.4. The minimum Gasteiger partial charge on any atom is -0.332 e. The molecule has 3 rings (SSSR count). The Morgan fingerprint density at radius 2 is 2.10 bits per heavy atom. The summed E-state index contributed by atoms with van der Waals surface area (Å²) in [6, 6.07) is 1.69. The van der Waals surface area contributed by atoms with Gasteiger partial charge in [0.2, 0.25) is 0 Å². The first-order valence-corrected chi connectivity index (χ1v) is 8.64. The third-order valence-electron chi connectivity index (χ3n) is 3.00. The lowest BCUT2D eigenvalue weighted by atomic mass is 10.2. The molecular weight excluding hydrogens is 335 g/mol. The summed E-state index contributed by atoms with van der Waals surface area (Å²) in [5.74, 6) is 0. The second-order valence-electron chi connectivity index (χ2n) is 4.48. The van der Waals surface area contributed by atoms with Crippen LogP contribution in [0.25, 0.3) is 0 Å². The Labute approximate surface area is 135 Å². The van der Waals surface area contributed by atoms with Gasteiger partial charge in [0.05, 0.1) is 33.6 Å². The molecule has 2 aliphatic rings. The van der Waals surface area contributed by atoms with Crippen molar-refractivity contribution < 1.29 is 0 Å². The van der Waals surface area contributed by atoms with Crippen LogP contribution in [0, 0.1) is 0 Å². The van der Waals surface area contributed by atoms with Gasteiger partial charge in [-0.3, -0.25) is 4.99 Å². The van der Waals surface area contributed by atoms with Crippen LogP contribution in [0.1, 0.15) is 19.8 Å². The minimum atomic E-state index is 0.522. The molecule has 106 valence electrons. The summed E-state index contributed by atoms with van der Waals surface area (Å²) in [6.45, 7) is 3.04. The summed E-state index contributed by atoms with van der Waals surface area (Å²) < 4.78 is 8.46. The molecule has 0 saturated carbocycles. The second kappa shape index (κ2) is 6.05. The van der Waals surface area contributed by atoms with E-state index in [0.29, 0.717) is 26.7 Å². The van der Waals surface area contributed by atoms with Crippen molar-refractivity contribution in [3.8, 4) is 0 Å². The summed E-state index contributed by atoms with van der Waals surface area (Å²) in [5.41, 5.74) is 2.12. The molecule has 0 bridgehead atoms. The van der Waals surface area contributed by atoms with Gasteiger partial charge in [0, 0.05) is 5.25 Å². The second-order valence-corrected chi connectivity index (χ2v) is 7.11. The number of fused-ring (bicyclic) bond motifs is 1. The van der Waals surface area contributed by atoms with Gasteiger partial charge in [-0.1, -0.05) is 48.3 Å². The topological polar surface area (TPSA) is 49.1 Å². The number of benzene rings is 1. The smallest absolute Gasteiger partial charge is 0.161 e. The van der Waals surface area contributed by atoms with Crippen molar-refractivity contribution in [3.63, 3.8) is 0 Å². The Bertz CT molecular complexity index is 653. The predicted octanol–water partition coefficient (Wildman–Crippen LogP) is 5.40. The molecule has 0 radical (unpaired) electrons. The molecule has 0 aliphatic carbocycles. The molecule has 1 N–H and O–H groups in total. The van der Waals surface area contributed by atoms with Crippen molar-refractivity contribution >= 4 is 68.5 Å². The Balaban J connectivity index is 1.83. The molecule has 0 amide bonds. The molecular formula is C12H12Cl2N4S2. The zero-order valence-electron chi connectivity index (χ0n) is 10.7. The van der Waals surface area contributed by atoms with E-state index in [1.165, 1.54) is 12.8 Å². The summed E-state index contributed by atoms with van der Waals surface area (Å²) in [7, 11) is 0. The predicted molar refractivity (Wildman–Crippen MR) is 90.2 cm³/mol. The summed E-state index contributed by atoms with van der Waals surface area (Å²) >= 11 is 15.3. The van der Waals surface area contributed by atoms with E-state index in [-0.39, 0.29) is 0 Å². The number of rotatable bonds is 3. The van der Waals surface area contributed by atoms with Crippen molar-refractivity contribution in [2.45, 2.75) is 25.0 Å². The number of nitrogens with zero attached hydrogens (tertiary/aromatic N) is 3. The SMILES string of the molecule is CCCC1CN=C(Nc2c(Cl)cc(Cl)c3c2N=S=N3)S1. The fraction of sp³-hybridized carbons (Fsp3) is 0.417. The molecule has 1 atom stereocenters. The number of thioether (sulfide) groups is 1. The van der Waals surface area contributed by atoms with Crippen LogP contribution in [0.2, 0.25) is 10.0 Å². The Morgan fingerprint density at radius 1 is 1.30 bits per heavy atom. The third kappa shape index (κ3) is 2.74. The van der Waals surface area contributed by atoms with Crippen LogP contribution < -0.4 is 5.32 Å². The van der Waals surface area contributed by atoms with Gasteiger partial charge >= 0.3 is 0 Å². The van der Waals surface area contributed by atoms with Crippen LogP contribution >= 0.6 is 35.0 Å². The van der Waals surface area contributed by atoms with E-state index in [1.807, 2.05) is 0 Å². The lowest BCUT2D eigenvalue weighted by Crippen LogP contribution is -2.08. The zero-order valence-corrected chi connectivity index (χ0v) is 13.8. The van der Waals surface area contributed by atoms with Crippen LogP contribution in [0.15, 0.2) is 19.8 Å². The number of hydrogen-bond donors (Lipinski definition) is 1. The average molecular weight is 347 g/mol. The first-order valence-electron chi connectivity index (χ1n) is 6.27. The number of aliphatic imine (C=N–C) groups is 1. The van der Waals surface area contributed by atoms with Crippen molar-refractivity contribution in [1.29, 1.82) is 0 Å². The fourth-order valence-corrected chi connectivity index (χ4v) is 4.35. The van der Waals surface area contributed by atoms with Crippen molar-refractivity contribution in [3.05, 3.63) is 16.1 Å². The van der Waals surface area contributed by atoms with E-state index in [9.17, 15) is 0 Å². The highest BCUT2D eigenvalue weighted by Crippen LogP contribution is 2.48. The van der Waals surface area contributed by atoms with E-state index in [0.717, 1.165) is 28.8 Å². The summed E-state index contributed by atoms with van der Waals surface area (Å²) in [6.07, 6.45) is 2.34. The van der Waals surface area contributed by atoms with E-state index in [2.05, 4.69) is 26.0 Å². The maximum Gasteiger partial charge on any atom is 0.161 e. The Morgan fingerprint density at radius 3 is 2.90 bits per heavy atom. The molecule has 2 aliphatic heterocycles. The summed E-state index contributed by atoms with van der Waals surface area (Å²) in [5, 5.41) is 5.79. The third-order valence-corrected chi connectivity index (χ3v) is 5.29. The average Bonchev–Trinajstić information content (AvgIpc) is 3.04. The van der Waals surface area contributed by atoms with Crippen LogP contribution in [-0.4, -0.2) is 17.0 Å². The number of anilines is 1. The maximum atomic E-state index is 6.27. The Hall–Kier alpha value is -0.560. The monoisotopic (exact) mass is 346 g/mol. The Kier molecular flexibility index (Phi) is 4.35. The molecule has 1 aromatic rings. The van der Waals surface area contributed by atoms with Crippen LogP contribution in [0.5, 0.6) is 0 Å². The standard InChI is InChI=1S/C12H12Cl2N4S2/c1-2-3-6-5-15-12(19-6)16-9-7(13)4-8(14)10-11(9)18-20-17-10/h4,6H,2-3,5H2,1H3,(H,15,16). The lowest BCUT2D eigenvalue weighted by molar-refractivity contribution is 0.754. The van der Waals surface area contributed by atoms with Gasteiger partial charge in [-0.2, -0.15) is 8.73 Å². The molecule has 1 unspecified atom stereocenters. The fourth-order valence-electron chi connectivity index (χ4n) is 2.06. The van der Waals surface area contributed by atoms with Crippen LogP contribution in [-0.2, 0) is 11.4 Å². The van der Waals surface area contributed by atoms with Crippen molar-refractivity contribution in [2.24, 2.45) is 13.7 Å². The lowest BCUT2D eigenvalue weighted by Gasteiger charge is -2.12. The summed E-state index contributed by atoms with van der Waals surface area (Å²) in [4.78, 5) is 4.52. The van der Waals surface area contributed by atoms with Gasteiger partial charge in [0.15, 0.2) is 5.17 Å². The van der Waals surface area contributed by atoms with Gasteiger partial charge in [0.25, 0.3) is 0 Å². The number of amidine groups is 1. The van der Waals surface area contributed by atoms with Gasteiger partial charge in [-0.15, -0.1) is 0 Å². The van der Waals surface area contributed by atoms with Gasteiger partial charge in [-0.05, 0) is 12.5 Å². The van der Waals surface area contributed by atoms with Crippen LogP contribution in [0.4, 0.5) is 17.1 Å². The minimum absolute atomic E-state index is 0.522. The van der Waals surface area contributed by atoms with Crippen LogP contribution in [0.3, 0.4) is 0 Å². The quantitative estimate of drug-likeness (QED) is 0.808. The highest BCUT2D eigenvalue weighted by molar-refractivity contribution is 8.15. The van der Waals surface area contributed by atoms with Gasteiger partial charge < -0.3 is 5.32 Å². The van der Waals surface area contributed by atoms with E-state index in [1.54, 1.807) is 17.8 Å². The number of halogens is 2. The molecule has 20 heavy (non-hydrogen) atoms. The molecule has 1 aromatic carbocycles. The van der Waals surface area contributed by atoms with Gasteiger partial charge in [0.1, 0.15) is 11.4 Å². The number of hydrogen-bond acceptors (Lipinski definition) is 5. The molecule has 0 saturated heterocycles. The normalized spacial score (nSPS) is 19.8. The van der Waals surface area contributed by atoms with E-state index >= 15 is 0 Å². The van der Waals surface area contributed by atoms with E-state index in [4.69, 9.17) is 23.2 Å². The molecule has 8 heteroatoms. The van der Waals surface area contributed by atoms with Crippen molar-refractivity contribution in [2.75, 3.05) is 11.9 Å². The largest absolute Gasteiger partial charge is 0.332 e. The first-order chi connectivity index (χ1) is 9.69. The highest BCUT2D eigenvalue weighted by atomic mass is 35.5. The molecule has 4 nitrogen and oxygen atoms in total.